The highest BCUT2D eigenvalue weighted by molar-refractivity contribution is 5.90. The molecular formula is C36H51NO11. The van der Waals surface area contributed by atoms with Gasteiger partial charge in [0.25, 0.3) is 0 Å². The molecule has 5 aliphatic carbocycles. The van der Waals surface area contributed by atoms with Gasteiger partial charge >= 0.3 is 11.9 Å². The lowest BCUT2D eigenvalue weighted by molar-refractivity contribution is -0.287. The SMILES string of the molecule is CCN1C[C@@]2(COC)CC[C@@H](OC)[C@@]34C1[C@@H]([C@H](OC)[C@@H]23)[C@]1(OC(C)=O)C[C@@H](OC)[C@]2(O)C[C@H]4[C@H]1[C@@H]2OC(=O)c1ccc(OC)c(OC)c1. The normalized spacial score (nSPS) is 45.1. The summed E-state index contributed by atoms with van der Waals surface area (Å²) in [6.45, 7) is 5.75. The predicted octanol–water partition coefficient (Wildman–Crippen LogP) is 2.72. The molecule has 7 bridgehead atoms. The van der Waals surface area contributed by atoms with Crippen molar-refractivity contribution in [2.45, 2.75) is 81.2 Å². The molecule has 266 valence electrons. The van der Waals surface area contributed by atoms with Crippen LogP contribution in [-0.2, 0) is 33.2 Å². The van der Waals surface area contributed by atoms with Crippen molar-refractivity contribution in [2.24, 2.45) is 34.5 Å². The summed E-state index contributed by atoms with van der Waals surface area (Å²) in [5, 5.41) is 12.9. The van der Waals surface area contributed by atoms with Gasteiger partial charge in [-0.25, -0.2) is 4.79 Å². The number of hydrogen-bond donors (Lipinski definition) is 1. The van der Waals surface area contributed by atoms with E-state index in [1.54, 1.807) is 46.6 Å². The summed E-state index contributed by atoms with van der Waals surface area (Å²) >= 11 is 0. The lowest BCUT2D eigenvalue weighted by Crippen LogP contribution is -2.77. The van der Waals surface area contributed by atoms with E-state index in [-0.39, 0.29) is 53.4 Å². The monoisotopic (exact) mass is 673 g/mol. The number of likely N-dealkylation sites (tertiary alicyclic amines) is 1. The number of esters is 2. The minimum Gasteiger partial charge on any atom is -0.493 e. The Hall–Kier alpha value is -2.48. The molecular weight excluding hydrogens is 622 g/mol. The van der Waals surface area contributed by atoms with E-state index in [1.807, 2.05) is 0 Å². The molecule has 6 fully saturated rings. The van der Waals surface area contributed by atoms with Crippen LogP contribution >= 0.6 is 0 Å². The van der Waals surface area contributed by atoms with Gasteiger partial charge in [0.05, 0.1) is 44.7 Å². The predicted molar refractivity (Wildman–Crippen MR) is 171 cm³/mol. The second kappa shape index (κ2) is 11.8. The largest absolute Gasteiger partial charge is 0.493 e. The summed E-state index contributed by atoms with van der Waals surface area (Å²) in [6.07, 6.45) is -0.0408. The molecule has 6 aliphatic rings. The first-order valence-corrected chi connectivity index (χ1v) is 17.2. The van der Waals surface area contributed by atoms with Gasteiger partial charge in [0.1, 0.15) is 17.3 Å². The fourth-order valence-corrected chi connectivity index (χ4v) is 12.7. The first-order valence-electron chi connectivity index (χ1n) is 17.2. The maximum Gasteiger partial charge on any atom is 0.338 e. The highest BCUT2D eigenvalue weighted by Crippen LogP contribution is 2.80. The van der Waals surface area contributed by atoms with Crippen LogP contribution in [0.5, 0.6) is 11.5 Å². The molecule has 12 nitrogen and oxygen atoms in total. The van der Waals surface area contributed by atoms with Crippen molar-refractivity contribution >= 4 is 11.9 Å². The Balaban J connectivity index is 1.45. The van der Waals surface area contributed by atoms with Gasteiger partial charge in [-0.2, -0.15) is 0 Å². The molecule has 0 aromatic heterocycles. The number of carbonyl (C=O) groups excluding carboxylic acids is 2. The third-order valence-corrected chi connectivity index (χ3v) is 13.6. The van der Waals surface area contributed by atoms with Crippen LogP contribution in [0.15, 0.2) is 18.2 Å². The molecule has 1 saturated heterocycles. The summed E-state index contributed by atoms with van der Waals surface area (Å²) in [5.41, 5.74) is -3.23. The highest BCUT2D eigenvalue weighted by Gasteiger charge is 2.89. The maximum absolute atomic E-state index is 14.1. The van der Waals surface area contributed by atoms with Gasteiger partial charge in [0.2, 0.25) is 0 Å². The van der Waals surface area contributed by atoms with E-state index in [4.69, 9.17) is 37.9 Å². The Morgan fingerprint density at radius 1 is 0.958 bits per heavy atom. The Morgan fingerprint density at radius 2 is 1.69 bits per heavy atom. The van der Waals surface area contributed by atoms with Crippen molar-refractivity contribution < 1.29 is 52.6 Å². The molecule has 12 heteroatoms. The molecule has 1 aromatic carbocycles. The van der Waals surface area contributed by atoms with E-state index in [0.29, 0.717) is 24.5 Å². The van der Waals surface area contributed by atoms with Gasteiger partial charge in [-0.15, -0.1) is 0 Å². The van der Waals surface area contributed by atoms with Crippen LogP contribution in [0.1, 0.15) is 49.9 Å². The summed E-state index contributed by atoms with van der Waals surface area (Å²) in [6, 6.07) is 4.76. The summed E-state index contributed by atoms with van der Waals surface area (Å²) < 4.78 is 49.2. The summed E-state index contributed by atoms with van der Waals surface area (Å²) in [7, 11) is 9.88. The number of carbonyl (C=O) groups is 2. The van der Waals surface area contributed by atoms with E-state index in [2.05, 4.69) is 11.8 Å². The van der Waals surface area contributed by atoms with Crippen LogP contribution in [-0.4, -0.2) is 126 Å². The van der Waals surface area contributed by atoms with Gasteiger partial charge in [-0.3, -0.25) is 9.69 Å². The zero-order chi connectivity index (χ0) is 34.4. The van der Waals surface area contributed by atoms with Crippen molar-refractivity contribution in [3.63, 3.8) is 0 Å². The van der Waals surface area contributed by atoms with Crippen LogP contribution in [0.4, 0.5) is 0 Å². The van der Waals surface area contributed by atoms with Crippen molar-refractivity contribution in [1.29, 1.82) is 0 Å². The number of benzene rings is 1. The molecule has 1 N–H and O–H groups in total. The Morgan fingerprint density at radius 3 is 2.29 bits per heavy atom. The molecule has 0 amide bonds. The summed E-state index contributed by atoms with van der Waals surface area (Å²) in [5.74, 6) is -1.32. The third kappa shape index (κ3) is 4.10. The molecule has 1 aromatic rings. The Kier molecular flexibility index (Phi) is 8.36. The number of methoxy groups -OCH3 is 6. The minimum absolute atomic E-state index is 0.0139. The molecule has 13 atom stereocenters. The molecule has 48 heavy (non-hydrogen) atoms. The molecule has 1 spiro atoms. The Labute approximate surface area is 282 Å². The smallest absolute Gasteiger partial charge is 0.338 e. The number of hydrogen-bond acceptors (Lipinski definition) is 12. The minimum atomic E-state index is -1.55. The van der Waals surface area contributed by atoms with Crippen LogP contribution < -0.4 is 9.47 Å². The van der Waals surface area contributed by atoms with Crippen LogP contribution in [0.2, 0.25) is 0 Å². The molecule has 7 rings (SSSR count). The molecule has 5 saturated carbocycles. The first-order chi connectivity index (χ1) is 23.0. The maximum atomic E-state index is 14.1. The van der Waals surface area contributed by atoms with E-state index >= 15 is 0 Å². The van der Waals surface area contributed by atoms with Crippen molar-refractivity contribution in [3.8, 4) is 11.5 Å². The standard InChI is InChI=1S/C36H51NO11/c1-9-37-17-33(18-41-3)13-12-24(44-6)36-21-15-34(40)25(45-7)16-35(48-19(2)38,27(30(36)37)28(46-8)29(33)36)26(21)31(34)47-32(39)20-10-11-22(42-4)23(14-20)43-5/h10-11,14,21,24-31,40H,9,12-13,15-18H2,1-8H3/t21-,24+,25+,26-,27+,28-,29-,30?,31-,33+,34+,35-,36+/m0/s1. The van der Waals surface area contributed by atoms with E-state index in [1.165, 1.54) is 21.1 Å². The van der Waals surface area contributed by atoms with Crippen molar-refractivity contribution in [1.82, 2.24) is 4.90 Å². The number of aliphatic hydroxyl groups is 1. The van der Waals surface area contributed by atoms with Gasteiger partial charge in [0.15, 0.2) is 11.5 Å². The van der Waals surface area contributed by atoms with E-state index in [9.17, 15) is 14.7 Å². The van der Waals surface area contributed by atoms with Crippen molar-refractivity contribution in [3.05, 3.63) is 23.8 Å². The summed E-state index contributed by atoms with van der Waals surface area (Å²) in [4.78, 5) is 29.9. The quantitative estimate of drug-likeness (QED) is 0.347. The third-order valence-electron chi connectivity index (χ3n) is 13.6. The van der Waals surface area contributed by atoms with Crippen LogP contribution in [0, 0.1) is 34.5 Å². The number of rotatable bonds is 11. The number of piperidine rings is 1. The molecule has 1 aliphatic heterocycles. The highest BCUT2D eigenvalue weighted by atomic mass is 16.6. The van der Waals surface area contributed by atoms with Gasteiger partial charge < -0.3 is 43.0 Å². The van der Waals surface area contributed by atoms with Crippen LogP contribution in [0.3, 0.4) is 0 Å². The van der Waals surface area contributed by atoms with E-state index < -0.39 is 46.7 Å². The van der Waals surface area contributed by atoms with Gasteiger partial charge in [0, 0.05) is 83.0 Å². The average molecular weight is 674 g/mol. The molecule has 1 heterocycles. The average Bonchev–Trinajstić information content (AvgIpc) is 3.45. The first kappa shape index (κ1) is 34.0. The fraction of sp³-hybridized carbons (Fsp3) is 0.778. The van der Waals surface area contributed by atoms with E-state index in [0.717, 1.165) is 25.9 Å². The number of nitrogens with zero attached hydrogens (tertiary/aromatic N) is 1. The second-order valence-corrected chi connectivity index (χ2v) is 15.0. The van der Waals surface area contributed by atoms with Gasteiger partial charge in [-0.1, -0.05) is 6.92 Å². The van der Waals surface area contributed by atoms with Crippen molar-refractivity contribution in [2.75, 3.05) is 62.4 Å². The topological polar surface area (TPSA) is 131 Å². The zero-order valence-electron chi connectivity index (χ0n) is 29.4. The number of fused-ring (bicyclic) bond motifs is 2. The second-order valence-electron chi connectivity index (χ2n) is 15.0. The lowest BCUT2D eigenvalue weighted by atomic mass is 9.43. The fourth-order valence-electron chi connectivity index (χ4n) is 12.7. The Bertz CT molecular complexity index is 1440. The number of ether oxygens (including phenoxy) is 8. The van der Waals surface area contributed by atoms with Gasteiger partial charge in [-0.05, 0) is 49.9 Å². The molecule has 1 unspecified atom stereocenters. The molecule has 0 radical (unpaired) electrons. The zero-order valence-corrected chi connectivity index (χ0v) is 29.4. The lowest BCUT2D eigenvalue weighted by Gasteiger charge is -2.69. The van der Waals surface area contributed by atoms with Crippen LogP contribution in [0.25, 0.3) is 0 Å².